The van der Waals surface area contributed by atoms with Gasteiger partial charge in [-0.25, -0.2) is 0 Å². The number of ether oxygens (including phenoxy) is 3. The Morgan fingerprint density at radius 2 is 2.00 bits per heavy atom. The fourth-order valence-corrected chi connectivity index (χ4v) is 5.30. The number of fused-ring (bicyclic) bond motifs is 1. The van der Waals surface area contributed by atoms with Crippen LogP contribution in [0.15, 0.2) is 24.3 Å². The number of benzene rings is 1. The van der Waals surface area contributed by atoms with E-state index in [1.807, 2.05) is 29.2 Å². The summed E-state index contributed by atoms with van der Waals surface area (Å²) in [5.41, 5.74) is 2.01. The molecule has 1 aromatic heterocycles. The van der Waals surface area contributed by atoms with E-state index in [9.17, 15) is 9.59 Å². The summed E-state index contributed by atoms with van der Waals surface area (Å²) < 4.78 is 16.0. The van der Waals surface area contributed by atoms with Crippen LogP contribution < -0.4 is 14.8 Å². The molecule has 1 fully saturated rings. The molecular formula is C23H28N2O5S. The molecule has 2 amide bonds. The summed E-state index contributed by atoms with van der Waals surface area (Å²) >= 11 is 1.58. The Balaban J connectivity index is 1.38. The molecule has 1 saturated heterocycles. The van der Waals surface area contributed by atoms with Crippen molar-refractivity contribution in [2.75, 3.05) is 40.5 Å². The molecular weight excluding hydrogens is 416 g/mol. The van der Waals surface area contributed by atoms with Gasteiger partial charge >= 0.3 is 0 Å². The minimum absolute atomic E-state index is 0.0304. The molecule has 166 valence electrons. The SMILES string of the molecule is COc1ccc(OC)c(CNC(=O)C2CCc3sc(C(=O)N4CCOCC4)cc3C2)c1. The highest BCUT2D eigenvalue weighted by atomic mass is 32.1. The molecule has 2 aliphatic rings. The number of nitrogens with zero attached hydrogens (tertiary/aromatic N) is 1. The Kier molecular flexibility index (Phi) is 6.77. The molecule has 31 heavy (non-hydrogen) atoms. The van der Waals surface area contributed by atoms with E-state index in [0.29, 0.717) is 39.3 Å². The smallest absolute Gasteiger partial charge is 0.264 e. The van der Waals surface area contributed by atoms with E-state index in [2.05, 4.69) is 5.32 Å². The molecule has 1 unspecified atom stereocenters. The van der Waals surface area contributed by atoms with E-state index < -0.39 is 0 Å². The first-order valence-electron chi connectivity index (χ1n) is 10.6. The largest absolute Gasteiger partial charge is 0.497 e. The number of methoxy groups -OCH3 is 2. The lowest BCUT2D eigenvalue weighted by Crippen LogP contribution is -2.40. The molecule has 1 N–H and O–H groups in total. The normalized spacial score (nSPS) is 18.3. The average molecular weight is 445 g/mol. The number of hydrogen-bond acceptors (Lipinski definition) is 6. The summed E-state index contributed by atoms with van der Waals surface area (Å²) in [6.45, 7) is 2.85. The van der Waals surface area contributed by atoms with E-state index in [1.165, 1.54) is 4.88 Å². The van der Waals surface area contributed by atoms with Crippen molar-refractivity contribution in [1.29, 1.82) is 0 Å². The Morgan fingerprint density at radius 1 is 1.19 bits per heavy atom. The van der Waals surface area contributed by atoms with Crippen LogP contribution in [0.1, 0.15) is 32.1 Å². The number of carbonyl (C=O) groups is 2. The fourth-order valence-electron chi connectivity index (χ4n) is 4.12. The van der Waals surface area contributed by atoms with Crippen LogP contribution in [0.25, 0.3) is 0 Å². The van der Waals surface area contributed by atoms with Crippen molar-refractivity contribution in [3.8, 4) is 11.5 Å². The third-order valence-electron chi connectivity index (χ3n) is 5.90. The van der Waals surface area contributed by atoms with E-state index in [4.69, 9.17) is 14.2 Å². The molecule has 1 aliphatic carbocycles. The van der Waals surface area contributed by atoms with Crippen LogP contribution in [-0.4, -0.2) is 57.2 Å². The number of nitrogens with one attached hydrogen (secondary N) is 1. The lowest BCUT2D eigenvalue weighted by Gasteiger charge is -2.26. The van der Waals surface area contributed by atoms with Crippen LogP contribution in [0.2, 0.25) is 0 Å². The zero-order chi connectivity index (χ0) is 21.8. The van der Waals surface area contributed by atoms with Gasteiger partial charge in [-0.2, -0.15) is 0 Å². The number of aryl methyl sites for hydroxylation is 1. The highest BCUT2D eigenvalue weighted by molar-refractivity contribution is 7.14. The minimum atomic E-state index is -0.0926. The average Bonchev–Trinajstić information content (AvgIpc) is 3.25. The predicted molar refractivity (Wildman–Crippen MR) is 118 cm³/mol. The van der Waals surface area contributed by atoms with Gasteiger partial charge in [0.25, 0.3) is 5.91 Å². The molecule has 7 nitrogen and oxygen atoms in total. The Morgan fingerprint density at radius 3 is 2.74 bits per heavy atom. The van der Waals surface area contributed by atoms with Crippen molar-refractivity contribution in [3.63, 3.8) is 0 Å². The van der Waals surface area contributed by atoms with Crippen molar-refractivity contribution < 1.29 is 23.8 Å². The van der Waals surface area contributed by atoms with Crippen LogP contribution in [0.3, 0.4) is 0 Å². The van der Waals surface area contributed by atoms with E-state index in [0.717, 1.165) is 40.3 Å². The predicted octanol–water partition coefficient (Wildman–Crippen LogP) is 2.66. The second kappa shape index (κ2) is 9.70. The van der Waals surface area contributed by atoms with E-state index in [-0.39, 0.29) is 17.7 Å². The maximum atomic E-state index is 12.9. The molecule has 8 heteroatoms. The van der Waals surface area contributed by atoms with Gasteiger partial charge in [0.2, 0.25) is 5.91 Å². The third-order valence-corrected chi connectivity index (χ3v) is 7.13. The summed E-state index contributed by atoms with van der Waals surface area (Å²) in [6, 6.07) is 7.54. The summed E-state index contributed by atoms with van der Waals surface area (Å²) in [6.07, 6.45) is 2.29. The van der Waals surface area contributed by atoms with Crippen LogP contribution in [0.5, 0.6) is 11.5 Å². The number of carbonyl (C=O) groups excluding carboxylic acids is 2. The zero-order valence-electron chi connectivity index (χ0n) is 17.9. The topological polar surface area (TPSA) is 77.1 Å². The monoisotopic (exact) mass is 444 g/mol. The van der Waals surface area contributed by atoms with Crippen LogP contribution in [-0.2, 0) is 28.9 Å². The van der Waals surface area contributed by atoms with Gasteiger partial charge in [-0.1, -0.05) is 0 Å². The third kappa shape index (κ3) is 4.85. The summed E-state index contributed by atoms with van der Waals surface area (Å²) in [7, 11) is 3.23. The molecule has 2 heterocycles. The molecule has 1 atom stereocenters. The van der Waals surface area contributed by atoms with Crippen LogP contribution >= 0.6 is 11.3 Å². The second-order valence-corrected chi connectivity index (χ2v) is 8.94. The Hall–Kier alpha value is -2.58. The van der Waals surface area contributed by atoms with Gasteiger partial charge < -0.3 is 24.4 Å². The van der Waals surface area contributed by atoms with E-state index in [1.54, 1.807) is 25.6 Å². The van der Waals surface area contributed by atoms with Crippen molar-refractivity contribution in [2.45, 2.75) is 25.8 Å². The molecule has 4 rings (SSSR count). The molecule has 0 saturated carbocycles. The van der Waals surface area contributed by atoms with Crippen LogP contribution in [0, 0.1) is 5.92 Å². The number of rotatable bonds is 6. The Bertz CT molecular complexity index is 951. The van der Waals surface area contributed by atoms with Crippen LogP contribution in [0.4, 0.5) is 0 Å². The van der Waals surface area contributed by atoms with Crippen molar-refractivity contribution in [3.05, 3.63) is 45.1 Å². The maximum Gasteiger partial charge on any atom is 0.264 e. The first-order chi connectivity index (χ1) is 15.1. The van der Waals surface area contributed by atoms with E-state index >= 15 is 0 Å². The zero-order valence-corrected chi connectivity index (χ0v) is 18.8. The molecule has 0 spiro atoms. The van der Waals surface area contributed by atoms with Gasteiger partial charge in [0.1, 0.15) is 11.5 Å². The number of morpholine rings is 1. The first-order valence-corrected chi connectivity index (χ1v) is 11.4. The van der Waals surface area contributed by atoms with Gasteiger partial charge in [0, 0.05) is 36.0 Å². The lowest BCUT2D eigenvalue weighted by atomic mass is 9.87. The number of hydrogen-bond donors (Lipinski definition) is 1. The second-order valence-electron chi connectivity index (χ2n) is 7.80. The molecule has 1 aliphatic heterocycles. The highest BCUT2D eigenvalue weighted by Crippen LogP contribution is 2.33. The minimum Gasteiger partial charge on any atom is -0.497 e. The van der Waals surface area contributed by atoms with Crippen molar-refractivity contribution >= 4 is 23.2 Å². The van der Waals surface area contributed by atoms with Gasteiger partial charge in [-0.3, -0.25) is 9.59 Å². The van der Waals surface area contributed by atoms with Gasteiger partial charge in [-0.15, -0.1) is 11.3 Å². The number of amides is 2. The fraction of sp³-hybridized carbons (Fsp3) is 0.478. The molecule has 0 radical (unpaired) electrons. The van der Waals surface area contributed by atoms with Gasteiger partial charge in [-0.05, 0) is 49.1 Å². The Labute approximate surface area is 186 Å². The van der Waals surface area contributed by atoms with Crippen molar-refractivity contribution in [2.24, 2.45) is 5.92 Å². The quantitative estimate of drug-likeness (QED) is 0.741. The summed E-state index contributed by atoms with van der Waals surface area (Å²) in [4.78, 5) is 29.5. The molecule has 1 aromatic carbocycles. The van der Waals surface area contributed by atoms with Crippen molar-refractivity contribution in [1.82, 2.24) is 10.2 Å². The molecule has 0 bridgehead atoms. The highest BCUT2D eigenvalue weighted by Gasteiger charge is 2.29. The maximum absolute atomic E-state index is 12.9. The summed E-state index contributed by atoms with van der Waals surface area (Å²) in [5, 5.41) is 3.05. The van der Waals surface area contributed by atoms with Gasteiger partial charge in [0.05, 0.1) is 32.3 Å². The first kappa shape index (κ1) is 21.6. The lowest BCUT2D eigenvalue weighted by molar-refractivity contribution is -0.125. The number of thiophene rings is 1. The standard InChI is InChI=1S/C23H28N2O5S/c1-28-18-4-5-19(29-2)17(12-18)14-24-22(26)15-3-6-20-16(11-15)13-21(31-20)23(27)25-7-9-30-10-8-25/h4-5,12-13,15H,3,6-11,14H2,1-2H3,(H,24,26). The summed E-state index contributed by atoms with van der Waals surface area (Å²) in [5.74, 6) is 1.46. The van der Waals surface area contributed by atoms with Gasteiger partial charge in [0.15, 0.2) is 0 Å². The molecule has 2 aromatic rings.